The van der Waals surface area contributed by atoms with E-state index in [1.807, 2.05) is 18.2 Å². The predicted octanol–water partition coefficient (Wildman–Crippen LogP) is 6.95. The molecule has 316 valence electrons. The Morgan fingerprint density at radius 2 is 1.50 bits per heavy atom. The molecule has 9 nitrogen and oxygen atoms in total. The van der Waals surface area contributed by atoms with Gasteiger partial charge in [-0.25, -0.2) is 8.42 Å². The fourth-order valence-corrected chi connectivity index (χ4v) is 10.8. The quantitative estimate of drug-likeness (QED) is 0.0184. The van der Waals surface area contributed by atoms with Crippen molar-refractivity contribution in [2.75, 3.05) is 35.2 Å². The molecule has 2 aliphatic heterocycles. The SMILES string of the molecule is CC1(C)C(/C=C/C2=C(c3ccc(N)cc3)C(=C/C=C3/N(CCCS(=O)(=O)[O-])c4ccc5ccccc5c4C3(C)C)/CCC2)=[N+](CCCSOO[O-])c2ccc3ccccc3c21.[Na+]. The van der Waals surface area contributed by atoms with Gasteiger partial charge in [-0.1, -0.05) is 92.7 Å². The first kappa shape index (κ1) is 46.0. The Morgan fingerprint density at radius 3 is 2.19 bits per heavy atom. The van der Waals surface area contributed by atoms with Gasteiger partial charge < -0.3 is 20.4 Å². The van der Waals surface area contributed by atoms with Crippen LogP contribution in [-0.4, -0.2) is 47.9 Å². The molecule has 0 saturated heterocycles. The van der Waals surface area contributed by atoms with E-state index in [0.29, 0.717) is 18.0 Å². The van der Waals surface area contributed by atoms with E-state index in [0.717, 1.165) is 72.0 Å². The van der Waals surface area contributed by atoms with Crippen LogP contribution in [0.25, 0.3) is 27.1 Å². The molecular weight excluding hydrogens is 826 g/mol. The van der Waals surface area contributed by atoms with Gasteiger partial charge in [0.15, 0.2) is 5.71 Å². The third-order valence-corrected chi connectivity index (χ3v) is 14.0. The molecule has 62 heavy (non-hydrogen) atoms. The van der Waals surface area contributed by atoms with E-state index in [4.69, 9.17) is 5.73 Å². The van der Waals surface area contributed by atoms with Gasteiger partial charge in [0.05, 0.1) is 15.5 Å². The molecule has 0 amide bonds. The summed E-state index contributed by atoms with van der Waals surface area (Å²) < 4.78 is 42.2. The first-order valence-electron chi connectivity index (χ1n) is 21.0. The van der Waals surface area contributed by atoms with E-state index in [1.54, 1.807) is 0 Å². The van der Waals surface area contributed by atoms with E-state index in [2.05, 4.69) is 150 Å². The summed E-state index contributed by atoms with van der Waals surface area (Å²) in [5.41, 5.74) is 17.9. The third kappa shape index (κ3) is 9.16. The molecule has 3 aliphatic rings. The summed E-state index contributed by atoms with van der Waals surface area (Å²) in [4.78, 5) is 2.22. The predicted molar refractivity (Wildman–Crippen MR) is 246 cm³/mol. The van der Waals surface area contributed by atoms with E-state index in [9.17, 15) is 18.2 Å². The standard InChI is InChI=1S/C50H53N3O6S2.Na/c1-49(2)44(52(30-10-32-60-59-58-54)42-26-20-34-12-5-7-16-40(34)47(42)49)28-22-36-14-9-15-37(46(36)38-18-24-39(51)25-19-38)23-29-45-50(3,4)48-41-17-8-6-13-35(41)21-27-43(48)53(45)31-11-33-61(55,56)57;/h5-8,12-13,16-29,51H,9-11,14-15,30-33H2,1-4H3,(H2,54,55,56,57);/q;+1/p-1/b37-23+,45-29+;. The van der Waals surface area contributed by atoms with Gasteiger partial charge in [-0.15, -0.1) is 0 Å². The molecule has 0 unspecified atom stereocenters. The molecule has 0 saturated carbocycles. The number of hydrogen-bond acceptors (Lipinski definition) is 9. The van der Waals surface area contributed by atoms with E-state index in [1.165, 1.54) is 50.0 Å². The largest absolute Gasteiger partial charge is 1.00 e. The third-order valence-electron chi connectivity index (χ3n) is 12.6. The Bertz CT molecular complexity index is 2770. The number of benzene rings is 5. The normalized spacial score (nSPS) is 18.4. The van der Waals surface area contributed by atoms with Crippen LogP contribution in [-0.2, 0) is 30.3 Å². The average molecular weight is 878 g/mol. The molecule has 5 aromatic carbocycles. The Labute approximate surface area is 391 Å². The van der Waals surface area contributed by atoms with Crippen molar-refractivity contribution in [2.45, 2.75) is 70.6 Å². The van der Waals surface area contributed by atoms with Gasteiger partial charge in [0, 0.05) is 76.7 Å². The molecule has 5 aromatic rings. The molecule has 0 atom stereocenters. The van der Waals surface area contributed by atoms with Crippen molar-refractivity contribution in [3.05, 3.63) is 155 Å². The van der Waals surface area contributed by atoms with Gasteiger partial charge in [0.1, 0.15) is 6.54 Å². The molecule has 0 aromatic heterocycles. The maximum Gasteiger partial charge on any atom is 1.00 e. The Morgan fingerprint density at radius 1 is 0.823 bits per heavy atom. The molecule has 8 rings (SSSR count). The van der Waals surface area contributed by atoms with Crippen LogP contribution in [0.5, 0.6) is 0 Å². The Kier molecular flexibility index (Phi) is 14.1. The summed E-state index contributed by atoms with van der Waals surface area (Å²) in [5.74, 6) is 0.182. The van der Waals surface area contributed by atoms with Crippen LogP contribution in [0.2, 0.25) is 0 Å². The number of nitrogens with zero attached hydrogens (tertiary/aromatic N) is 2. The van der Waals surface area contributed by atoms with E-state index < -0.39 is 21.3 Å². The van der Waals surface area contributed by atoms with Gasteiger partial charge in [-0.2, -0.15) is 8.91 Å². The minimum Gasteiger partial charge on any atom is -0.748 e. The molecular formula is C50H52N3NaO6S2. The molecule has 0 bridgehead atoms. The zero-order chi connectivity index (χ0) is 42.9. The van der Waals surface area contributed by atoms with Crippen LogP contribution in [0.4, 0.5) is 17.1 Å². The summed E-state index contributed by atoms with van der Waals surface area (Å²) in [6.45, 7) is 10.2. The van der Waals surface area contributed by atoms with Crippen molar-refractivity contribution in [2.24, 2.45) is 0 Å². The molecule has 2 N–H and O–H groups in total. The monoisotopic (exact) mass is 877 g/mol. The second-order valence-electron chi connectivity index (χ2n) is 17.2. The van der Waals surface area contributed by atoms with E-state index in [-0.39, 0.29) is 41.4 Å². The van der Waals surface area contributed by atoms with Crippen LogP contribution in [0.3, 0.4) is 0 Å². The number of rotatable bonds is 14. The van der Waals surface area contributed by atoms with Gasteiger partial charge in [-0.05, 0) is 119 Å². The fourth-order valence-electron chi connectivity index (χ4n) is 9.93. The second-order valence-corrected chi connectivity index (χ2v) is 19.5. The Hall–Kier alpha value is -4.01. The van der Waals surface area contributed by atoms with Gasteiger partial charge in [-0.3, -0.25) is 5.04 Å². The number of nitrogens with two attached hydrogens (primary N) is 1. The minimum absolute atomic E-state index is 0. The number of hydrogen-bond donors (Lipinski definition) is 1. The number of allylic oxidation sites excluding steroid dienone is 8. The first-order valence-corrected chi connectivity index (χ1v) is 23.5. The Balaban J connectivity index is 0.00000578. The first-order chi connectivity index (χ1) is 29.3. The van der Waals surface area contributed by atoms with Crippen molar-refractivity contribution < 1.29 is 61.7 Å². The van der Waals surface area contributed by atoms with Crippen LogP contribution in [0.1, 0.15) is 76.5 Å². The maximum absolute atomic E-state index is 11.7. The number of anilines is 2. The van der Waals surface area contributed by atoms with Crippen molar-refractivity contribution >= 4 is 72.1 Å². The van der Waals surface area contributed by atoms with Crippen molar-refractivity contribution in [1.29, 1.82) is 0 Å². The smallest absolute Gasteiger partial charge is 0.748 e. The van der Waals surface area contributed by atoms with Gasteiger partial charge in [0.25, 0.3) is 0 Å². The summed E-state index contributed by atoms with van der Waals surface area (Å²) in [6, 6.07) is 33.7. The summed E-state index contributed by atoms with van der Waals surface area (Å²) in [6.07, 6.45) is 12.8. The van der Waals surface area contributed by atoms with Crippen LogP contribution in [0, 0.1) is 0 Å². The molecule has 1 aliphatic carbocycles. The van der Waals surface area contributed by atoms with Crippen molar-refractivity contribution in [1.82, 2.24) is 0 Å². The zero-order valence-electron chi connectivity index (χ0n) is 36.1. The van der Waals surface area contributed by atoms with Gasteiger partial charge in [0.2, 0.25) is 5.69 Å². The maximum atomic E-state index is 11.7. The second kappa shape index (κ2) is 19.0. The molecule has 0 spiro atoms. The molecule has 0 radical (unpaired) electrons. The fraction of sp³-hybridized carbons (Fsp3) is 0.300. The summed E-state index contributed by atoms with van der Waals surface area (Å²) in [7, 11) is -4.36. The average Bonchev–Trinajstić information content (AvgIpc) is 3.59. The number of nitrogen functional groups attached to an aromatic ring is 1. The van der Waals surface area contributed by atoms with Crippen LogP contribution < -0.4 is 45.4 Å². The molecule has 2 heterocycles. The van der Waals surface area contributed by atoms with Crippen molar-refractivity contribution in [3.63, 3.8) is 0 Å². The molecule has 0 fully saturated rings. The minimum atomic E-state index is -4.36. The zero-order valence-corrected chi connectivity index (χ0v) is 39.8. The topological polar surface area (TPSA) is 131 Å². The summed E-state index contributed by atoms with van der Waals surface area (Å²) >= 11 is 1.02. The van der Waals surface area contributed by atoms with E-state index >= 15 is 0 Å². The number of fused-ring (bicyclic) bond motifs is 6. The van der Waals surface area contributed by atoms with Gasteiger partial charge >= 0.3 is 29.6 Å². The molecule has 12 heteroatoms. The summed E-state index contributed by atoms with van der Waals surface area (Å²) in [5, 5.41) is 18.8. The van der Waals surface area contributed by atoms with Crippen LogP contribution in [0.15, 0.2) is 138 Å². The van der Waals surface area contributed by atoms with Crippen LogP contribution >= 0.6 is 12.0 Å². The van der Waals surface area contributed by atoms with Crippen molar-refractivity contribution in [3.8, 4) is 0 Å².